The van der Waals surface area contributed by atoms with Crippen LogP contribution in [-0.4, -0.2) is 38.0 Å². The van der Waals surface area contributed by atoms with Crippen molar-refractivity contribution >= 4 is 27.5 Å². The number of thioether (sulfide) groups is 1. The van der Waals surface area contributed by atoms with Crippen LogP contribution >= 0.6 is 11.8 Å². The number of pyridine rings is 1. The minimum absolute atomic E-state index is 0.0233. The fourth-order valence-corrected chi connectivity index (χ4v) is 4.68. The largest absolute Gasteiger partial charge is 0.386 e. The number of aromatic nitrogens is 1. The van der Waals surface area contributed by atoms with Crippen molar-refractivity contribution in [1.29, 1.82) is 0 Å². The molecule has 0 amide bonds. The number of anilines is 1. The minimum Gasteiger partial charge on any atom is -0.386 e. The van der Waals surface area contributed by atoms with E-state index in [1.54, 1.807) is 19.2 Å². The van der Waals surface area contributed by atoms with Gasteiger partial charge in [-0.1, -0.05) is 0 Å². The predicted octanol–water partition coefficient (Wildman–Crippen LogP) is 2.08. The Morgan fingerprint density at radius 2 is 2.00 bits per heavy atom. The summed E-state index contributed by atoms with van der Waals surface area (Å²) in [5, 5.41) is 3.61. The van der Waals surface area contributed by atoms with Crippen LogP contribution in [0.2, 0.25) is 0 Å². The number of hydrogen-bond donors (Lipinski definition) is 2. The summed E-state index contributed by atoms with van der Waals surface area (Å²) < 4.78 is 27.6. The number of rotatable bonds is 5. The topological polar surface area (TPSA) is 71.1 Å². The van der Waals surface area contributed by atoms with Crippen LogP contribution in [0.4, 0.5) is 5.69 Å². The van der Waals surface area contributed by atoms with E-state index in [2.05, 4.69) is 21.3 Å². The van der Waals surface area contributed by atoms with Gasteiger partial charge in [-0.25, -0.2) is 18.1 Å². The van der Waals surface area contributed by atoms with Gasteiger partial charge >= 0.3 is 0 Å². The molecule has 0 radical (unpaired) electrons. The molecule has 0 aliphatic heterocycles. The van der Waals surface area contributed by atoms with Gasteiger partial charge in [-0.2, -0.15) is 11.8 Å². The second-order valence-corrected chi connectivity index (χ2v) is 7.70. The lowest BCUT2D eigenvalue weighted by atomic mass is 9.96. The van der Waals surface area contributed by atoms with Crippen LogP contribution in [0.3, 0.4) is 0 Å². The van der Waals surface area contributed by atoms with Gasteiger partial charge in [0.25, 0.3) is 10.0 Å². The molecular formula is C13H21N3O2S2. The Morgan fingerprint density at radius 1 is 1.30 bits per heavy atom. The monoisotopic (exact) mass is 315 g/mol. The summed E-state index contributed by atoms with van der Waals surface area (Å²) in [6.07, 6.45) is 7.53. The summed E-state index contributed by atoms with van der Waals surface area (Å²) in [7, 11) is -1.86. The summed E-state index contributed by atoms with van der Waals surface area (Å²) in [6.45, 7) is 0. The molecule has 0 atom stereocenters. The molecule has 2 rings (SSSR count). The second kappa shape index (κ2) is 6.78. The standard InChI is InChI=1S/C13H21N3O2S2/c1-14-12-4-3-9-15-13(12)20(17,18)16-10-5-7-11(19-2)8-6-10/h3-4,9-11,14,16H,5-8H2,1-2H3. The lowest BCUT2D eigenvalue weighted by Crippen LogP contribution is -2.38. The third-order valence-electron chi connectivity index (χ3n) is 3.62. The van der Waals surface area contributed by atoms with Crippen molar-refractivity contribution in [2.75, 3.05) is 18.6 Å². The van der Waals surface area contributed by atoms with E-state index in [4.69, 9.17) is 0 Å². The molecule has 5 nitrogen and oxygen atoms in total. The van der Waals surface area contributed by atoms with E-state index in [-0.39, 0.29) is 11.1 Å². The summed E-state index contributed by atoms with van der Waals surface area (Å²) in [5.41, 5.74) is 0.526. The quantitative estimate of drug-likeness (QED) is 0.870. The molecule has 0 spiro atoms. The molecule has 0 unspecified atom stereocenters. The molecule has 0 bridgehead atoms. The van der Waals surface area contributed by atoms with Crippen LogP contribution in [0.15, 0.2) is 23.4 Å². The minimum atomic E-state index is -3.56. The zero-order chi connectivity index (χ0) is 14.6. The van der Waals surface area contributed by atoms with Crippen molar-refractivity contribution in [2.24, 2.45) is 0 Å². The average molecular weight is 315 g/mol. The van der Waals surface area contributed by atoms with Crippen molar-refractivity contribution < 1.29 is 8.42 Å². The van der Waals surface area contributed by atoms with E-state index >= 15 is 0 Å². The van der Waals surface area contributed by atoms with Gasteiger partial charge in [-0.3, -0.25) is 0 Å². The smallest absolute Gasteiger partial charge is 0.260 e. The highest BCUT2D eigenvalue weighted by Crippen LogP contribution is 2.28. The van der Waals surface area contributed by atoms with Crippen LogP contribution < -0.4 is 10.0 Å². The molecular weight excluding hydrogens is 294 g/mol. The fraction of sp³-hybridized carbons (Fsp3) is 0.615. The molecule has 1 aromatic heterocycles. The van der Waals surface area contributed by atoms with Gasteiger partial charge < -0.3 is 5.32 Å². The first-order valence-corrected chi connectivity index (χ1v) is 9.52. The maximum absolute atomic E-state index is 12.4. The zero-order valence-electron chi connectivity index (χ0n) is 11.8. The van der Waals surface area contributed by atoms with Crippen LogP contribution in [0, 0.1) is 0 Å². The first-order valence-electron chi connectivity index (χ1n) is 6.74. The van der Waals surface area contributed by atoms with Crippen LogP contribution in [0.1, 0.15) is 25.7 Å². The molecule has 7 heteroatoms. The van der Waals surface area contributed by atoms with Crippen LogP contribution in [-0.2, 0) is 10.0 Å². The maximum Gasteiger partial charge on any atom is 0.260 e. The van der Waals surface area contributed by atoms with E-state index in [1.165, 1.54) is 6.20 Å². The second-order valence-electron chi connectivity index (χ2n) is 4.94. The summed E-state index contributed by atoms with van der Waals surface area (Å²) in [6, 6.07) is 3.45. The van der Waals surface area contributed by atoms with E-state index < -0.39 is 10.0 Å². The zero-order valence-corrected chi connectivity index (χ0v) is 13.4. The van der Waals surface area contributed by atoms with Gasteiger partial charge in [0.2, 0.25) is 0 Å². The first-order chi connectivity index (χ1) is 9.56. The lowest BCUT2D eigenvalue weighted by Gasteiger charge is -2.27. The van der Waals surface area contributed by atoms with Gasteiger partial charge in [-0.05, 0) is 44.1 Å². The SMILES string of the molecule is CNc1cccnc1S(=O)(=O)NC1CCC(SC)CC1. The van der Waals surface area contributed by atoms with Gasteiger partial charge in [0, 0.05) is 24.5 Å². The maximum atomic E-state index is 12.4. The van der Waals surface area contributed by atoms with Gasteiger partial charge in [0.15, 0.2) is 5.03 Å². The predicted molar refractivity (Wildman–Crippen MR) is 83.7 cm³/mol. The van der Waals surface area contributed by atoms with Gasteiger partial charge in [-0.15, -0.1) is 0 Å². The Kier molecular flexibility index (Phi) is 5.29. The number of hydrogen-bond acceptors (Lipinski definition) is 5. The van der Waals surface area contributed by atoms with Crippen molar-refractivity contribution in [3.8, 4) is 0 Å². The molecule has 0 aromatic carbocycles. The third-order valence-corrected chi connectivity index (χ3v) is 6.24. The highest BCUT2D eigenvalue weighted by Gasteiger charge is 2.27. The van der Waals surface area contributed by atoms with Crippen molar-refractivity contribution in [3.05, 3.63) is 18.3 Å². The van der Waals surface area contributed by atoms with E-state index in [9.17, 15) is 8.42 Å². The summed E-state index contributed by atoms with van der Waals surface area (Å²) in [5.74, 6) is 0. The van der Waals surface area contributed by atoms with E-state index in [1.807, 2.05) is 11.8 Å². The van der Waals surface area contributed by atoms with Crippen molar-refractivity contribution in [2.45, 2.75) is 42.0 Å². The van der Waals surface area contributed by atoms with E-state index in [0.717, 1.165) is 25.7 Å². The fourth-order valence-electron chi connectivity index (χ4n) is 2.49. The summed E-state index contributed by atoms with van der Waals surface area (Å²) >= 11 is 1.87. The number of nitrogens with zero attached hydrogens (tertiary/aromatic N) is 1. The molecule has 1 saturated carbocycles. The Labute approximate surface area is 125 Å². The molecule has 1 heterocycles. The first kappa shape index (κ1) is 15.6. The highest BCUT2D eigenvalue weighted by molar-refractivity contribution is 7.99. The van der Waals surface area contributed by atoms with Gasteiger partial charge in [0.1, 0.15) is 0 Å². The number of sulfonamides is 1. The molecule has 1 fully saturated rings. The molecule has 1 aromatic rings. The average Bonchev–Trinajstić information content (AvgIpc) is 2.47. The number of nitrogens with one attached hydrogen (secondary N) is 2. The van der Waals surface area contributed by atoms with Gasteiger partial charge in [0.05, 0.1) is 5.69 Å². The van der Waals surface area contributed by atoms with E-state index in [0.29, 0.717) is 10.9 Å². The van der Waals surface area contributed by atoms with Crippen LogP contribution in [0.25, 0.3) is 0 Å². The van der Waals surface area contributed by atoms with Crippen LogP contribution in [0.5, 0.6) is 0 Å². The summed E-state index contributed by atoms with van der Waals surface area (Å²) in [4.78, 5) is 4.00. The molecule has 20 heavy (non-hydrogen) atoms. The normalized spacial score (nSPS) is 23.5. The molecule has 112 valence electrons. The lowest BCUT2D eigenvalue weighted by molar-refractivity contribution is 0.419. The Bertz CT molecular complexity index is 540. The Hall–Kier alpha value is -0.790. The molecule has 1 aliphatic rings. The Balaban J connectivity index is 2.08. The molecule has 2 N–H and O–H groups in total. The van der Waals surface area contributed by atoms with Crippen molar-refractivity contribution in [1.82, 2.24) is 9.71 Å². The third kappa shape index (κ3) is 3.65. The Morgan fingerprint density at radius 3 is 2.60 bits per heavy atom. The molecule has 0 saturated heterocycles. The van der Waals surface area contributed by atoms with Crippen molar-refractivity contribution in [3.63, 3.8) is 0 Å². The molecule has 1 aliphatic carbocycles. The highest BCUT2D eigenvalue weighted by atomic mass is 32.2.